The highest BCUT2D eigenvalue weighted by molar-refractivity contribution is 7.14. The summed E-state index contributed by atoms with van der Waals surface area (Å²) in [7, 11) is 1.60. The molecule has 0 atom stereocenters. The van der Waals surface area contributed by atoms with Gasteiger partial charge in [-0.3, -0.25) is 10.1 Å². The smallest absolute Gasteiger partial charge is 0.331 e. The Morgan fingerprint density at radius 2 is 2.07 bits per heavy atom. The Labute approximate surface area is 159 Å². The Balaban J connectivity index is 1.49. The molecule has 0 saturated carbocycles. The fourth-order valence-corrected chi connectivity index (χ4v) is 2.84. The third-order valence-electron chi connectivity index (χ3n) is 3.41. The van der Waals surface area contributed by atoms with Gasteiger partial charge in [0.2, 0.25) is 0 Å². The van der Waals surface area contributed by atoms with E-state index in [4.69, 9.17) is 13.9 Å². The zero-order valence-corrected chi connectivity index (χ0v) is 15.2. The average Bonchev–Trinajstić information content (AvgIpc) is 3.37. The van der Waals surface area contributed by atoms with Crippen molar-refractivity contribution in [3.8, 4) is 17.0 Å². The van der Waals surface area contributed by atoms with Crippen LogP contribution in [-0.4, -0.2) is 30.6 Å². The fraction of sp³-hybridized carbons (Fsp3) is 0.105. The molecule has 7 nitrogen and oxygen atoms in total. The van der Waals surface area contributed by atoms with Crippen molar-refractivity contribution >= 4 is 34.4 Å². The maximum absolute atomic E-state index is 11.9. The number of nitrogens with one attached hydrogen (secondary N) is 1. The summed E-state index contributed by atoms with van der Waals surface area (Å²) in [6, 6.07) is 10.8. The molecule has 8 heteroatoms. The molecule has 2 heterocycles. The summed E-state index contributed by atoms with van der Waals surface area (Å²) in [6.45, 7) is -0.404. The number of nitrogens with zero attached hydrogens (tertiary/aromatic N) is 1. The third kappa shape index (κ3) is 5.29. The van der Waals surface area contributed by atoms with Gasteiger partial charge < -0.3 is 13.9 Å². The second-order valence-corrected chi connectivity index (χ2v) is 6.13. The molecule has 0 spiro atoms. The number of carbonyl (C=O) groups is 2. The van der Waals surface area contributed by atoms with Gasteiger partial charge in [0.25, 0.3) is 5.91 Å². The number of methoxy groups -OCH3 is 1. The van der Waals surface area contributed by atoms with E-state index in [2.05, 4.69) is 10.3 Å². The van der Waals surface area contributed by atoms with Crippen molar-refractivity contribution in [3.63, 3.8) is 0 Å². The normalized spacial score (nSPS) is 10.7. The first-order valence-electron chi connectivity index (χ1n) is 7.92. The monoisotopic (exact) mass is 384 g/mol. The number of ether oxygens (including phenoxy) is 2. The number of anilines is 1. The van der Waals surface area contributed by atoms with Crippen LogP contribution in [0.2, 0.25) is 0 Å². The Kier molecular flexibility index (Phi) is 6.01. The highest BCUT2D eigenvalue weighted by Crippen LogP contribution is 2.26. The second kappa shape index (κ2) is 8.81. The first kappa shape index (κ1) is 18.4. The summed E-state index contributed by atoms with van der Waals surface area (Å²) in [5, 5.41) is 4.86. The lowest BCUT2D eigenvalue weighted by molar-refractivity contribution is -0.142. The van der Waals surface area contributed by atoms with Crippen LogP contribution in [0.4, 0.5) is 5.13 Å². The van der Waals surface area contributed by atoms with Crippen LogP contribution in [0.15, 0.2) is 58.5 Å². The summed E-state index contributed by atoms with van der Waals surface area (Å²) in [6.07, 6.45) is 4.14. The molecule has 0 aliphatic rings. The van der Waals surface area contributed by atoms with Crippen molar-refractivity contribution < 1.29 is 23.5 Å². The van der Waals surface area contributed by atoms with Gasteiger partial charge in [0.15, 0.2) is 11.7 Å². The second-order valence-electron chi connectivity index (χ2n) is 5.27. The van der Waals surface area contributed by atoms with Crippen molar-refractivity contribution in [1.29, 1.82) is 0 Å². The number of furan rings is 1. The Morgan fingerprint density at radius 3 is 2.78 bits per heavy atom. The Morgan fingerprint density at radius 1 is 1.26 bits per heavy atom. The van der Waals surface area contributed by atoms with Crippen molar-refractivity contribution in [2.45, 2.75) is 0 Å². The molecule has 1 aromatic carbocycles. The minimum absolute atomic E-state index is 0.404. The van der Waals surface area contributed by atoms with Crippen molar-refractivity contribution in [2.75, 3.05) is 19.0 Å². The number of hydrogen-bond donors (Lipinski definition) is 1. The van der Waals surface area contributed by atoms with E-state index in [-0.39, 0.29) is 0 Å². The van der Waals surface area contributed by atoms with Crippen LogP contribution in [0.3, 0.4) is 0 Å². The van der Waals surface area contributed by atoms with Crippen LogP contribution in [0.25, 0.3) is 17.3 Å². The van der Waals surface area contributed by atoms with Crippen LogP contribution in [0.1, 0.15) is 5.76 Å². The van der Waals surface area contributed by atoms with Crippen LogP contribution >= 0.6 is 11.3 Å². The molecule has 138 valence electrons. The minimum Gasteiger partial charge on any atom is -0.497 e. The van der Waals surface area contributed by atoms with Gasteiger partial charge in [-0.1, -0.05) is 0 Å². The van der Waals surface area contributed by atoms with Gasteiger partial charge in [0.1, 0.15) is 11.5 Å². The van der Waals surface area contributed by atoms with Crippen molar-refractivity contribution in [3.05, 3.63) is 59.9 Å². The van der Waals surface area contributed by atoms with Gasteiger partial charge in [-0.2, -0.15) is 0 Å². The molecule has 0 unspecified atom stereocenters. The minimum atomic E-state index is -0.639. The number of amides is 1. The lowest BCUT2D eigenvalue weighted by Crippen LogP contribution is -2.20. The third-order valence-corrected chi connectivity index (χ3v) is 4.17. The first-order chi connectivity index (χ1) is 13.1. The summed E-state index contributed by atoms with van der Waals surface area (Å²) in [5.74, 6) is 0.167. The van der Waals surface area contributed by atoms with Crippen LogP contribution in [0.5, 0.6) is 5.75 Å². The molecule has 0 aliphatic carbocycles. The SMILES string of the molecule is COc1ccc(-c2csc(NC(=O)COC(=O)/C=C/c3ccco3)n2)cc1. The van der Waals surface area contributed by atoms with Crippen molar-refractivity contribution in [1.82, 2.24) is 4.98 Å². The van der Waals surface area contributed by atoms with E-state index in [1.54, 1.807) is 19.2 Å². The molecule has 1 amide bonds. The molecule has 3 aromatic rings. The van der Waals surface area contributed by atoms with Crippen molar-refractivity contribution in [2.24, 2.45) is 0 Å². The molecule has 0 radical (unpaired) electrons. The number of carbonyl (C=O) groups excluding carboxylic acids is 2. The lowest BCUT2D eigenvalue weighted by Gasteiger charge is -2.02. The van der Waals surface area contributed by atoms with Crippen LogP contribution in [-0.2, 0) is 14.3 Å². The molecule has 0 saturated heterocycles. The van der Waals surface area contributed by atoms with E-state index < -0.39 is 18.5 Å². The molecular formula is C19H16N2O5S. The molecule has 0 fully saturated rings. The van der Waals surface area contributed by atoms with Gasteiger partial charge >= 0.3 is 5.97 Å². The Bertz CT molecular complexity index is 929. The molecule has 27 heavy (non-hydrogen) atoms. The highest BCUT2D eigenvalue weighted by Gasteiger charge is 2.10. The molecule has 0 aliphatic heterocycles. The molecule has 1 N–H and O–H groups in total. The number of esters is 1. The van der Waals surface area contributed by atoms with E-state index in [1.807, 2.05) is 29.6 Å². The first-order valence-corrected chi connectivity index (χ1v) is 8.80. The summed E-state index contributed by atoms with van der Waals surface area (Å²) < 4.78 is 15.0. The standard InChI is InChI=1S/C19H16N2O5S/c1-24-14-6-4-13(5-7-14)16-12-27-19(20-16)21-17(22)11-26-18(23)9-8-15-3-2-10-25-15/h2-10,12H,11H2,1H3,(H,20,21,22)/b9-8+. The number of hydrogen-bond acceptors (Lipinski definition) is 7. The molecule has 0 bridgehead atoms. The van der Waals surface area contributed by atoms with E-state index in [9.17, 15) is 9.59 Å². The Hall–Kier alpha value is -3.39. The van der Waals surface area contributed by atoms with Crippen LogP contribution in [0, 0.1) is 0 Å². The van der Waals surface area contributed by atoms with E-state index in [0.29, 0.717) is 10.9 Å². The lowest BCUT2D eigenvalue weighted by atomic mass is 10.2. The van der Waals surface area contributed by atoms with Gasteiger partial charge in [0, 0.05) is 17.0 Å². The topological polar surface area (TPSA) is 90.7 Å². The molecular weight excluding hydrogens is 368 g/mol. The van der Waals surface area contributed by atoms with E-state index in [1.165, 1.54) is 29.8 Å². The number of aromatic nitrogens is 1. The van der Waals surface area contributed by atoms with E-state index >= 15 is 0 Å². The largest absolute Gasteiger partial charge is 0.497 e. The van der Waals surface area contributed by atoms with Gasteiger partial charge in [-0.15, -0.1) is 11.3 Å². The maximum Gasteiger partial charge on any atom is 0.331 e. The number of thiazole rings is 1. The zero-order chi connectivity index (χ0) is 19.1. The van der Waals surface area contributed by atoms with E-state index in [0.717, 1.165) is 17.0 Å². The predicted molar refractivity (Wildman–Crippen MR) is 101 cm³/mol. The number of rotatable bonds is 7. The van der Waals surface area contributed by atoms with Gasteiger partial charge in [0.05, 0.1) is 19.1 Å². The zero-order valence-electron chi connectivity index (χ0n) is 14.4. The summed E-state index contributed by atoms with van der Waals surface area (Å²) in [5.41, 5.74) is 1.64. The molecule has 2 aromatic heterocycles. The van der Waals surface area contributed by atoms with Gasteiger partial charge in [-0.05, 0) is 42.5 Å². The van der Waals surface area contributed by atoms with Crippen LogP contribution < -0.4 is 10.1 Å². The maximum atomic E-state index is 11.9. The summed E-state index contributed by atoms with van der Waals surface area (Å²) in [4.78, 5) is 27.8. The summed E-state index contributed by atoms with van der Waals surface area (Å²) >= 11 is 1.28. The highest BCUT2D eigenvalue weighted by atomic mass is 32.1. The van der Waals surface area contributed by atoms with Gasteiger partial charge in [-0.25, -0.2) is 9.78 Å². The predicted octanol–water partition coefficient (Wildman–Crippen LogP) is 3.61. The fourth-order valence-electron chi connectivity index (χ4n) is 2.10. The number of benzene rings is 1. The molecule has 3 rings (SSSR count). The average molecular weight is 384 g/mol. The quantitative estimate of drug-likeness (QED) is 0.494.